The van der Waals surface area contributed by atoms with Gasteiger partial charge < -0.3 is 10.3 Å². The van der Waals surface area contributed by atoms with Crippen LogP contribution in [0, 0.1) is 11.8 Å². The first kappa shape index (κ1) is 20.5. The number of rotatable bonds is 5. The Kier molecular flexibility index (Phi) is 5.28. The van der Waals surface area contributed by atoms with Crippen molar-refractivity contribution in [2.45, 2.75) is 56.7 Å². The van der Waals surface area contributed by atoms with Crippen molar-refractivity contribution in [3.05, 3.63) is 52.0 Å². The minimum absolute atomic E-state index is 0.0356. The lowest BCUT2D eigenvalue weighted by Gasteiger charge is -2.30. The quantitative estimate of drug-likeness (QED) is 0.490. The molecular weight excluding hydrogens is 423 g/mol. The fraction of sp³-hybridized carbons (Fsp3) is 0.478. The van der Waals surface area contributed by atoms with E-state index in [0.29, 0.717) is 11.3 Å². The fourth-order valence-corrected chi connectivity index (χ4v) is 5.78. The van der Waals surface area contributed by atoms with Crippen molar-refractivity contribution in [2.24, 2.45) is 11.8 Å². The Morgan fingerprint density at radius 3 is 2.61 bits per heavy atom. The Hall–Kier alpha value is -2.35. The van der Waals surface area contributed by atoms with E-state index in [1.54, 1.807) is 0 Å². The zero-order chi connectivity index (χ0) is 21.6. The number of fused-ring (bicyclic) bond motifs is 1. The summed E-state index contributed by atoms with van der Waals surface area (Å²) in [7, 11) is 0. The lowest BCUT2D eigenvalue weighted by molar-refractivity contribution is -0.134. The SMILES string of the molecule is O=C(N[C@H](c1ccc(C(F)(F)F)s1)C1CCCCC1)[C@H]1C[C@@H]1c1nc2ccccc2[nH]1. The van der Waals surface area contributed by atoms with E-state index in [1.807, 2.05) is 24.3 Å². The monoisotopic (exact) mass is 447 g/mol. The molecule has 4 nitrogen and oxygen atoms in total. The molecule has 0 radical (unpaired) electrons. The van der Waals surface area contributed by atoms with Crippen LogP contribution in [-0.2, 0) is 11.0 Å². The number of hydrogen-bond donors (Lipinski definition) is 2. The van der Waals surface area contributed by atoms with E-state index in [0.717, 1.165) is 66.4 Å². The molecule has 2 saturated carbocycles. The molecule has 0 unspecified atom stereocenters. The molecule has 2 aromatic heterocycles. The minimum Gasteiger partial charge on any atom is -0.348 e. The number of nitrogens with one attached hydrogen (secondary N) is 2. The molecule has 0 saturated heterocycles. The molecule has 2 aliphatic carbocycles. The topological polar surface area (TPSA) is 57.8 Å². The van der Waals surface area contributed by atoms with Crippen LogP contribution < -0.4 is 5.32 Å². The maximum Gasteiger partial charge on any atom is 0.425 e. The highest BCUT2D eigenvalue weighted by molar-refractivity contribution is 7.12. The largest absolute Gasteiger partial charge is 0.425 e. The van der Waals surface area contributed by atoms with Crippen LogP contribution in [0.3, 0.4) is 0 Å². The van der Waals surface area contributed by atoms with Crippen LogP contribution >= 0.6 is 11.3 Å². The molecule has 8 heteroatoms. The number of para-hydroxylation sites is 2. The standard InChI is InChI=1S/C23H24F3N3OS/c24-23(25,26)19-11-10-18(31-19)20(13-6-2-1-3-7-13)29-22(30)15-12-14(15)21-27-16-8-4-5-9-17(16)28-21/h4-5,8-11,13-15,20H,1-3,6-7,12H2,(H,27,28)(H,29,30)/t14-,15-,20-/m0/s1. The number of carbonyl (C=O) groups excluding carboxylic acids is 1. The van der Waals surface area contributed by atoms with E-state index in [2.05, 4.69) is 15.3 Å². The van der Waals surface area contributed by atoms with Crippen molar-refractivity contribution in [3.63, 3.8) is 0 Å². The third-order valence-electron chi connectivity index (χ3n) is 6.52. The summed E-state index contributed by atoms with van der Waals surface area (Å²) >= 11 is 0.758. The molecule has 2 fully saturated rings. The van der Waals surface area contributed by atoms with Crippen LogP contribution in [0.15, 0.2) is 36.4 Å². The Bertz CT molecular complexity index is 1050. The minimum atomic E-state index is -4.35. The van der Waals surface area contributed by atoms with Crippen molar-refractivity contribution in [2.75, 3.05) is 0 Å². The number of alkyl halides is 3. The van der Waals surface area contributed by atoms with Gasteiger partial charge in [-0.05, 0) is 49.4 Å². The molecule has 0 aliphatic heterocycles. The van der Waals surface area contributed by atoms with Gasteiger partial charge in [0, 0.05) is 16.7 Å². The molecule has 0 bridgehead atoms. The van der Waals surface area contributed by atoms with Gasteiger partial charge in [0.25, 0.3) is 0 Å². The summed E-state index contributed by atoms with van der Waals surface area (Å²) in [6.07, 6.45) is 1.48. The van der Waals surface area contributed by atoms with Crippen LogP contribution in [0.2, 0.25) is 0 Å². The third-order valence-corrected chi connectivity index (χ3v) is 7.73. The molecule has 2 aliphatic rings. The third kappa shape index (κ3) is 4.22. The van der Waals surface area contributed by atoms with Crippen molar-refractivity contribution in [3.8, 4) is 0 Å². The summed E-state index contributed by atoms with van der Waals surface area (Å²) in [4.78, 5) is 21.0. The summed E-state index contributed by atoms with van der Waals surface area (Å²) in [5.74, 6) is 0.761. The Labute approximate surface area is 182 Å². The molecule has 0 spiro atoms. The number of imidazole rings is 1. The molecule has 1 aromatic carbocycles. The van der Waals surface area contributed by atoms with Gasteiger partial charge in [0.15, 0.2) is 0 Å². The molecule has 5 rings (SSSR count). The number of aromatic nitrogens is 2. The molecular formula is C23H24F3N3OS. The highest BCUT2D eigenvalue weighted by Crippen LogP contribution is 2.48. The van der Waals surface area contributed by atoms with Crippen molar-refractivity contribution in [1.29, 1.82) is 0 Å². The van der Waals surface area contributed by atoms with Gasteiger partial charge in [0.2, 0.25) is 5.91 Å². The second-order valence-corrected chi connectivity index (χ2v) is 9.79. The molecule has 2 N–H and O–H groups in total. The Morgan fingerprint density at radius 1 is 1.13 bits per heavy atom. The molecule has 31 heavy (non-hydrogen) atoms. The maximum atomic E-state index is 13.1. The van der Waals surface area contributed by atoms with Gasteiger partial charge in [-0.3, -0.25) is 4.79 Å². The summed E-state index contributed by atoms with van der Waals surface area (Å²) in [6.45, 7) is 0. The van der Waals surface area contributed by atoms with E-state index in [9.17, 15) is 18.0 Å². The number of nitrogens with zero attached hydrogens (tertiary/aromatic N) is 1. The van der Waals surface area contributed by atoms with Gasteiger partial charge in [-0.15, -0.1) is 11.3 Å². The van der Waals surface area contributed by atoms with Gasteiger partial charge >= 0.3 is 6.18 Å². The highest BCUT2D eigenvalue weighted by atomic mass is 32.1. The van der Waals surface area contributed by atoms with Gasteiger partial charge in [0.1, 0.15) is 10.7 Å². The van der Waals surface area contributed by atoms with E-state index in [4.69, 9.17) is 0 Å². The molecule has 2 heterocycles. The number of aromatic amines is 1. The normalized spacial score (nSPS) is 23.1. The van der Waals surface area contributed by atoms with Crippen molar-refractivity contribution < 1.29 is 18.0 Å². The number of benzene rings is 1. The predicted molar refractivity (Wildman–Crippen MR) is 114 cm³/mol. The number of hydrogen-bond acceptors (Lipinski definition) is 3. The predicted octanol–water partition coefficient (Wildman–Crippen LogP) is 6.18. The van der Waals surface area contributed by atoms with E-state index >= 15 is 0 Å². The highest BCUT2D eigenvalue weighted by Gasteiger charge is 2.47. The molecule has 3 aromatic rings. The number of H-pyrrole nitrogens is 1. The summed E-state index contributed by atoms with van der Waals surface area (Å²) in [6, 6.07) is 10.1. The lowest BCUT2D eigenvalue weighted by Crippen LogP contribution is -2.35. The smallest absolute Gasteiger partial charge is 0.348 e. The van der Waals surface area contributed by atoms with Crippen molar-refractivity contribution >= 4 is 28.3 Å². The molecule has 1 amide bonds. The van der Waals surface area contributed by atoms with Gasteiger partial charge in [0.05, 0.1) is 17.1 Å². The van der Waals surface area contributed by atoms with E-state index in [-0.39, 0.29) is 29.7 Å². The van der Waals surface area contributed by atoms with Gasteiger partial charge in [-0.2, -0.15) is 13.2 Å². The summed E-state index contributed by atoms with van der Waals surface area (Å²) < 4.78 is 39.4. The van der Waals surface area contributed by atoms with Crippen LogP contribution in [0.4, 0.5) is 13.2 Å². The Balaban J connectivity index is 1.33. The number of thiophene rings is 1. The van der Waals surface area contributed by atoms with Crippen LogP contribution in [0.5, 0.6) is 0 Å². The fourth-order valence-electron chi connectivity index (χ4n) is 4.76. The number of carbonyl (C=O) groups is 1. The first-order valence-electron chi connectivity index (χ1n) is 10.8. The zero-order valence-corrected chi connectivity index (χ0v) is 17.7. The number of amides is 1. The van der Waals surface area contributed by atoms with E-state index < -0.39 is 11.1 Å². The second kappa shape index (κ2) is 7.97. The first-order valence-corrected chi connectivity index (χ1v) is 11.6. The lowest BCUT2D eigenvalue weighted by atomic mass is 9.83. The zero-order valence-electron chi connectivity index (χ0n) is 16.9. The van der Waals surface area contributed by atoms with Crippen LogP contribution in [-0.4, -0.2) is 15.9 Å². The second-order valence-electron chi connectivity index (χ2n) is 8.67. The van der Waals surface area contributed by atoms with Crippen LogP contribution in [0.1, 0.15) is 66.1 Å². The average molecular weight is 448 g/mol. The van der Waals surface area contributed by atoms with Gasteiger partial charge in [-0.25, -0.2) is 4.98 Å². The summed E-state index contributed by atoms with van der Waals surface area (Å²) in [5.41, 5.74) is 1.82. The number of halogens is 3. The van der Waals surface area contributed by atoms with Crippen LogP contribution in [0.25, 0.3) is 11.0 Å². The van der Waals surface area contributed by atoms with E-state index in [1.165, 1.54) is 6.07 Å². The molecule has 164 valence electrons. The first-order chi connectivity index (χ1) is 14.9. The molecule has 3 atom stereocenters. The maximum absolute atomic E-state index is 13.1. The van der Waals surface area contributed by atoms with Gasteiger partial charge in [-0.1, -0.05) is 31.4 Å². The van der Waals surface area contributed by atoms with Crippen molar-refractivity contribution in [1.82, 2.24) is 15.3 Å². The summed E-state index contributed by atoms with van der Waals surface area (Å²) in [5, 5.41) is 3.13. The average Bonchev–Trinajstić information content (AvgIpc) is 3.19. The Morgan fingerprint density at radius 2 is 1.90 bits per heavy atom.